The molecule has 0 aliphatic heterocycles. The first kappa shape index (κ1) is 10.5. The quantitative estimate of drug-likeness (QED) is 0.577. The summed E-state index contributed by atoms with van der Waals surface area (Å²) in [7, 11) is 0. The summed E-state index contributed by atoms with van der Waals surface area (Å²) < 4.78 is 0. The van der Waals surface area contributed by atoms with Gasteiger partial charge in [-0.25, -0.2) is 0 Å². The van der Waals surface area contributed by atoms with E-state index in [1.165, 1.54) is 0 Å². The Morgan fingerprint density at radius 3 is 2.64 bits per heavy atom. The molecular weight excluding hydrogens is 310 g/mol. The summed E-state index contributed by atoms with van der Waals surface area (Å²) in [5.41, 5.74) is 2.28. The Morgan fingerprint density at radius 2 is 2.18 bits per heavy atom. The first-order chi connectivity index (χ1) is 4.74. The second-order valence-corrected chi connectivity index (χ2v) is 2.21. The summed E-state index contributed by atoms with van der Waals surface area (Å²) in [6.07, 6.45) is 3.57. The van der Waals surface area contributed by atoms with Crippen molar-refractivity contribution < 1.29 is 25.9 Å². The molecule has 0 aliphatic rings. The summed E-state index contributed by atoms with van der Waals surface area (Å²) in [5.74, 6) is 0. The molecule has 0 spiro atoms. The van der Waals surface area contributed by atoms with Gasteiger partial charge in [-0.05, 0) is 0 Å². The number of rotatable bonds is 1. The van der Waals surface area contributed by atoms with Gasteiger partial charge < -0.3 is 9.78 Å². The van der Waals surface area contributed by atoms with Gasteiger partial charge in [0.15, 0.2) is 0 Å². The number of carbonyl (C=O) groups excluding carboxylic acids is 1. The fourth-order valence-electron chi connectivity index (χ4n) is 0.726. The molecule has 0 radical (unpaired) electrons. The average molecular weight is 318 g/mol. The van der Waals surface area contributed by atoms with Gasteiger partial charge in [-0.3, -0.25) is 0 Å². The summed E-state index contributed by atoms with van der Waals surface area (Å²) in [6.45, 7) is 3.65. The SMILES string of the molecule is Cc1[c-]nc(C)c(C=O)c1.[W+2]. The van der Waals surface area contributed by atoms with Gasteiger partial charge in [-0.1, -0.05) is 31.3 Å². The molecular formula is C8H8NOW+. The van der Waals surface area contributed by atoms with Crippen molar-refractivity contribution in [2.24, 2.45) is 0 Å². The van der Waals surface area contributed by atoms with Crippen LogP contribution in [0.25, 0.3) is 0 Å². The van der Waals surface area contributed by atoms with Crippen LogP contribution in [0.2, 0.25) is 0 Å². The zero-order valence-electron chi connectivity index (χ0n) is 6.42. The molecule has 1 aromatic heterocycles. The Bertz CT molecular complexity index is 260. The molecule has 0 amide bonds. The molecule has 0 saturated carbocycles. The zero-order chi connectivity index (χ0) is 7.56. The number of pyridine rings is 1. The van der Waals surface area contributed by atoms with Crippen molar-refractivity contribution in [3.8, 4) is 0 Å². The smallest absolute Gasteiger partial charge is 0.390 e. The van der Waals surface area contributed by atoms with Crippen molar-refractivity contribution in [3.63, 3.8) is 0 Å². The predicted octanol–water partition coefficient (Wildman–Crippen LogP) is 1.31. The maximum atomic E-state index is 10.3. The fourth-order valence-corrected chi connectivity index (χ4v) is 0.726. The van der Waals surface area contributed by atoms with Crippen LogP contribution in [-0.4, -0.2) is 11.3 Å². The van der Waals surface area contributed by atoms with Crippen LogP contribution in [0, 0.1) is 20.0 Å². The molecule has 0 unspecified atom stereocenters. The number of hydrogen-bond donors (Lipinski definition) is 0. The molecule has 1 aromatic rings. The van der Waals surface area contributed by atoms with E-state index in [1.807, 2.05) is 6.92 Å². The van der Waals surface area contributed by atoms with Crippen LogP contribution < -0.4 is 0 Å². The van der Waals surface area contributed by atoms with Crippen molar-refractivity contribution in [1.29, 1.82) is 0 Å². The third-order valence-corrected chi connectivity index (χ3v) is 1.32. The van der Waals surface area contributed by atoms with Crippen LogP contribution >= 0.6 is 0 Å². The second kappa shape index (κ2) is 4.40. The third kappa shape index (κ3) is 2.55. The molecule has 0 saturated heterocycles. The molecule has 0 aromatic carbocycles. The van der Waals surface area contributed by atoms with Gasteiger partial charge in [0.25, 0.3) is 0 Å². The molecule has 2 nitrogen and oxygen atoms in total. The maximum Gasteiger partial charge on any atom is 2.00 e. The number of aldehydes is 1. The summed E-state index contributed by atoms with van der Waals surface area (Å²) >= 11 is 0. The molecule has 1 rings (SSSR count). The van der Waals surface area contributed by atoms with Crippen LogP contribution in [0.3, 0.4) is 0 Å². The van der Waals surface area contributed by atoms with E-state index in [-0.39, 0.29) is 21.1 Å². The molecule has 0 atom stereocenters. The van der Waals surface area contributed by atoms with Gasteiger partial charge in [-0.2, -0.15) is 6.07 Å². The molecule has 56 valence electrons. The van der Waals surface area contributed by atoms with Gasteiger partial charge in [0.1, 0.15) is 6.29 Å². The Kier molecular flexibility index (Phi) is 4.20. The number of carbonyl (C=O) groups is 1. The average Bonchev–Trinajstić information content (AvgIpc) is 1.94. The molecule has 11 heavy (non-hydrogen) atoms. The van der Waals surface area contributed by atoms with Crippen molar-refractivity contribution in [2.45, 2.75) is 13.8 Å². The molecule has 0 bridgehead atoms. The predicted molar refractivity (Wildman–Crippen MR) is 37.9 cm³/mol. The first-order valence-electron chi connectivity index (χ1n) is 3.05. The van der Waals surface area contributed by atoms with E-state index in [4.69, 9.17) is 0 Å². The number of aryl methyl sites for hydroxylation is 2. The standard InChI is InChI=1S/C8H8NO.W/c1-6-3-8(5-10)7(2)9-4-6;/h3,5H,1-2H3;/q-1;+2. The minimum absolute atomic E-state index is 0. The van der Waals surface area contributed by atoms with E-state index in [2.05, 4.69) is 11.2 Å². The second-order valence-electron chi connectivity index (χ2n) is 2.21. The van der Waals surface area contributed by atoms with E-state index in [0.29, 0.717) is 5.56 Å². The van der Waals surface area contributed by atoms with E-state index >= 15 is 0 Å². The first-order valence-corrected chi connectivity index (χ1v) is 3.05. The van der Waals surface area contributed by atoms with Crippen LogP contribution in [0.4, 0.5) is 0 Å². The van der Waals surface area contributed by atoms with E-state index in [9.17, 15) is 4.79 Å². The molecule has 3 heteroatoms. The van der Waals surface area contributed by atoms with Gasteiger partial charge >= 0.3 is 21.1 Å². The zero-order valence-corrected chi connectivity index (χ0v) is 9.35. The van der Waals surface area contributed by atoms with E-state index in [0.717, 1.165) is 17.5 Å². The molecule has 0 aliphatic carbocycles. The van der Waals surface area contributed by atoms with Gasteiger partial charge in [0.2, 0.25) is 0 Å². The molecule has 1 heterocycles. The molecule has 0 N–H and O–H groups in total. The fraction of sp³-hybridized carbons (Fsp3) is 0.250. The van der Waals surface area contributed by atoms with Gasteiger partial charge in [-0.15, -0.1) is 5.56 Å². The van der Waals surface area contributed by atoms with Crippen LogP contribution in [0.15, 0.2) is 6.07 Å². The molecule has 0 fully saturated rings. The Hall–Kier alpha value is -0.492. The van der Waals surface area contributed by atoms with E-state index in [1.54, 1.807) is 13.0 Å². The maximum absolute atomic E-state index is 10.3. The van der Waals surface area contributed by atoms with Gasteiger partial charge in [0.05, 0.1) is 0 Å². The largest absolute Gasteiger partial charge is 2.00 e. The van der Waals surface area contributed by atoms with E-state index < -0.39 is 0 Å². The number of hydrogen-bond acceptors (Lipinski definition) is 2. The van der Waals surface area contributed by atoms with Crippen molar-refractivity contribution in [3.05, 3.63) is 29.1 Å². The monoisotopic (exact) mass is 318 g/mol. The van der Waals surface area contributed by atoms with Crippen LogP contribution in [0.1, 0.15) is 21.6 Å². The third-order valence-electron chi connectivity index (χ3n) is 1.32. The van der Waals surface area contributed by atoms with Crippen LogP contribution in [-0.2, 0) is 21.1 Å². The summed E-state index contributed by atoms with van der Waals surface area (Å²) in [4.78, 5) is 14.2. The number of nitrogens with zero attached hydrogens (tertiary/aromatic N) is 1. The minimum Gasteiger partial charge on any atom is -0.390 e. The summed E-state index contributed by atoms with van der Waals surface area (Å²) in [6, 6.07) is 1.77. The van der Waals surface area contributed by atoms with Crippen molar-refractivity contribution in [2.75, 3.05) is 0 Å². The summed E-state index contributed by atoms with van der Waals surface area (Å²) in [5, 5.41) is 0. The normalized spacial score (nSPS) is 8.55. The van der Waals surface area contributed by atoms with Crippen LogP contribution in [0.5, 0.6) is 0 Å². The Labute approximate surface area is 80.3 Å². The van der Waals surface area contributed by atoms with Crippen molar-refractivity contribution >= 4 is 6.29 Å². The number of aromatic nitrogens is 1. The van der Waals surface area contributed by atoms with Crippen molar-refractivity contribution in [1.82, 2.24) is 4.98 Å². The minimum atomic E-state index is 0. The van der Waals surface area contributed by atoms with Gasteiger partial charge in [0, 0.05) is 0 Å². The topological polar surface area (TPSA) is 30.0 Å². The Morgan fingerprint density at radius 1 is 1.55 bits per heavy atom. The Balaban J connectivity index is 0.000001000.